The number of hydrogen-bond donors (Lipinski definition) is 3. The van der Waals surface area contributed by atoms with Crippen molar-refractivity contribution in [3.8, 4) is 5.75 Å². The Kier molecular flexibility index (Phi) is 5.53. The van der Waals surface area contributed by atoms with Gasteiger partial charge < -0.3 is 21.1 Å². The third kappa shape index (κ3) is 4.33. The second-order valence-electron chi connectivity index (χ2n) is 6.57. The number of hydrogen-bond acceptors (Lipinski definition) is 7. The monoisotopic (exact) mass is 373 g/mol. The van der Waals surface area contributed by atoms with E-state index in [4.69, 9.17) is 10.5 Å². The number of carbonyl (C=O) groups is 2. The first-order valence-electron chi connectivity index (χ1n) is 8.80. The molecular formula is C17H23N7O3. The van der Waals surface area contributed by atoms with Gasteiger partial charge in [-0.3, -0.25) is 9.59 Å². The normalized spacial score (nSPS) is 15.7. The van der Waals surface area contributed by atoms with Crippen LogP contribution >= 0.6 is 0 Å². The molecule has 2 amide bonds. The molecule has 144 valence electrons. The van der Waals surface area contributed by atoms with E-state index in [0.717, 1.165) is 19.3 Å². The molecule has 4 N–H and O–H groups in total. The summed E-state index contributed by atoms with van der Waals surface area (Å²) >= 11 is 0. The third-order valence-electron chi connectivity index (χ3n) is 4.72. The molecule has 2 aromatic rings. The van der Waals surface area contributed by atoms with Gasteiger partial charge >= 0.3 is 0 Å². The van der Waals surface area contributed by atoms with Crippen molar-refractivity contribution in [2.75, 3.05) is 18.2 Å². The van der Waals surface area contributed by atoms with Gasteiger partial charge in [-0.05, 0) is 47.5 Å². The summed E-state index contributed by atoms with van der Waals surface area (Å²) in [7, 11) is 1.58. The highest BCUT2D eigenvalue weighted by atomic mass is 16.5. The van der Waals surface area contributed by atoms with E-state index >= 15 is 0 Å². The van der Waals surface area contributed by atoms with Gasteiger partial charge in [0.2, 0.25) is 17.8 Å². The zero-order chi connectivity index (χ0) is 19.3. The lowest BCUT2D eigenvalue weighted by atomic mass is 9.80. The van der Waals surface area contributed by atoms with E-state index in [-0.39, 0.29) is 24.3 Å². The highest BCUT2D eigenvalue weighted by Crippen LogP contribution is 2.30. The average molecular weight is 373 g/mol. The van der Waals surface area contributed by atoms with Crippen molar-refractivity contribution >= 4 is 23.5 Å². The standard InChI is InChI=1S/C17H23N7O3/c1-27-13-7-5-12(6-8-13)19-15(26)17(9-3-2-4-10-17)20-14(25)11-24-16(18)21-22-23-24/h5-8H,2-4,9-11H2,1H3,(H,19,26)(H,20,25)(H2,18,21,23). The maximum Gasteiger partial charge on any atom is 0.250 e. The van der Waals surface area contributed by atoms with Crippen molar-refractivity contribution in [1.82, 2.24) is 25.5 Å². The Morgan fingerprint density at radius 3 is 2.52 bits per heavy atom. The molecule has 0 atom stereocenters. The van der Waals surface area contributed by atoms with E-state index in [1.54, 1.807) is 31.4 Å². The average Bonchev–Trinajstić information content (AvgIpc) is 3.07. The molecule has 1 heterocycles. The van der Waals surface area contributed by atoms with Crippen LogP contribution in [0.1, 0.15) is 32.1 Å². The Balaban J connectivity index is 1.71. The molecule has 1 aromatic heterocycles. The van der Waals surface area contributed by atoms with Crippen molar-refractivity contribution in [3.05, 3.63) is 24.3 Å². The topological polar surface area (TPSA) is 137 Å². The summed E-state index contributed by atoms with van der Waals surface area (Å²) in [5.41, 5.74) is 5.28. The Morgan fingerprint density at radius 1 is 1.22 bits per heavy atom. The zero-order valence-electron chi connectivity index (χ0n) is 15.1. The molecule has 10 heteroatoms. The number of nitrogens with two attached hydrogens (primary N) is 1. The third-order valence-corrected chi connectivity index (χ3v) is 4.72. The van der Waals surface area contributed by atoms with Gasteiger partial charge in [0, 0.05) is 5.69 Å². The Labute approximate surface area is 156 Å². The number of methoxy groups -OCH3 is 1. The number of benzene rings is 1. The first kappa shape index (κ1) is 18.6. The fourth-order valence-corrected chi connectivity index (χ4v) is 3.26. The summed E-state index contributed by atoms with van der Waals surface area (Å²) in [6.07, 6.45) is 3.91. The lowest BCUT2D eigenvalue weighted by Crippen LogP contribution is -2.58. The molecule has 0 unspecified atom stereocenters. The number of ether oxygens (including phenoxy) is 1. The van der Waals surface area contributed by atoms with Crippen LogP contribution in [0.3, 0.4) is 0 Å². The van der Waals surface area contributed by atoms with Crippen LogP contribution in [-0.2, 0) is 16.1 Å². The van der Waals surface area contributed by atoms with Crippen LogP contribution in [-0.4, -0.2) is 44.7 Å². The second kappa shape index (κ2) is 8.02. The minimum absolute atomic E-state index is 0.0468. The highest BCUT2D eigenvalue weighted by Gasteiger charge is 2.41. The summed E-state index contributed by atoms with van der Waals surface area (Å²) < 4.78 is 6.31. The smallest absolute Gasteiger partial charge is 0.250 e. The van der Waals surface area contributed by atoms with Crippen LogP contribution in [0.2, 0.25) is 0 Å². The number of rotatable bonds is 6. The van der Waals surface area contributed by atoms with Gasteiger partial charge in [0.1, 0.15) is 17.8 Å². The van der Waals surface area contributed by atoms with E-state index in [1.807, 2.05) is 0 Å². The molecule has 0 spiro atoms. The Bertz CT molecular complexity index is 797. The number of carbonyl (C=O) groups excluding carboxylic acids is 2. The van der Waals surface area contributed by atoms with E-state index < -0.39 is 5.54 Å². The van der Waals surface area contributed by atoms with E-state index in [1.165, 1.54) is 4.68 Å². The van der Waals surface area contributed by atoms with Gasteiger partial charge in [0.15, 0.2) is 0 Å². The lowest BCUT2D eigenvalue weighted by Gasteiger charge is -2.36. The molecule has 3 rings (SSSR count). The summed E-state index contributed by atoms with van der Waals surface area (Å²) in [5, 5.41) is 16.4. The Hall–Kier alpha value is -3.17. The van der Waals surface area contributed by atoms with Gasteiger partial charge in [-0.25, -0.2) is 4.68 Å². The van der Waals surface area contributed by atoms with Crippen LogP contribution < -0.4 is 21.1 Å². The molecule has 0 bridgehead atoms. The fourth-order valence-electron chi connectivity index (χ4n) is 3.26. The second-order valence-corrected chi connectivity index (χ2v) is 6.57. The number of anilines is 2. The first-order valence-corrected chi connectivity index (χ1v) is 8.80. The number of nitrogens with one attached hydrogen (secondary N) is 2. The van der Waals surface area contributed by atoms with Crippen molar-refractivity contribution in [2.45, 2.75) is 44.2 Å². The molecule has 1 saturated carbocycles. The summed E-state index contributed by atoms with van der Waals surface area (Å²) in [4.78, 5) is 25.5. The molecule has 1 aromatic carbocycles. The number of aromatic nitrogens is 4. The van der Waals surface area contributed by atoms with Gasteiger partial charge in [-0.2, -0.15) is 0 Å². The van der Waals surface area contributed by atoms with Gasteiger partial charge in [0.25, 0.3) is 0 Å². The molecule has 10 nitrogen and oxygen atoms in total. The van der Waals surface area contributed by atoms with Gasteiger partial charge in [0.05, 0.1) is 7.11 Å². The minimum atomic E-state index is -0.960. The number of nitrogen functional groups attached to an aromatic ring is 1. The summed E-state index contributed by atoms with van der Waals surface area (Å²) in [6.45, 7) is -0.142. The van der Waals surface area contributed by atoms with Crippen LogP contribution in [0.25, 0.3) is 0 Å². The maximum atomic E-state index is 13.0. The Morgan fingerprint density at radius 2 is 1.93 bits per heavy atom. The van der Waals surface area contributed by atoms with E-state index in [9.17, 15) is 9.59 Å². The molecule has 1 aliphatic carbocycles. The predicted octanol–water partition coefficient (Wildman–Crippen LogP) is 0.722. The minimum Gasteiger partial charge on any atom is -0.497 e. The van der Waals surface area contributed by atoms with Crippen molar-refractivity contribution in [2.24, 2.45) is 0 Å². The summed E-state index contributed by atoms with van der Waals surface area (Å²) in [6, 6.07) is 7.05. The number of nitrogens with zero attached hydrogens (tertiary/aromatic N) is 4. The largest absolute Gasteiger partial charge is 0.497 e. The molecule has 27 heavy (non-hydrogen) atoms. The number of amides is 2. The molecular weight excluding hydrogens is 350 g/mol. The highest BCUT2D eigenvalue weighted by molar-refractivity contribution is 6.00. The molecule has 1 aliphatic rings. The molecule has 0 saturated heterocycles. The molecule has 0 radical (unpaired) electrons. The van der Waals surface area contributed by atoms with Crippen molar-refractivity contribution < 1.29 is 14.3 Å². The van der Waals surface area contributed by atoms with Crippen LogP contribution in [0, 0.1) is 0 Å². The first-order chi connectivity index (χ1) is 13.0. The van der Waals surface area contributed by atoms with Crippen LogP contribution in [0.4, 0.5) is 11.6 Å². The van der Waals surface area contributed by atoms with Gasteiger partial charge in [-0.1, -0.05) is 24.4 Å². The molecule has 1 fully saturated rings. The fraction of sp³-hybridized carbons (Fsp3) is 0.471. The number of tetrazole rings is 1. The quantitative estimate of drug-likeness (QED) is 0.678. The lowest BCUT2D eigenvalue weighted by molar-refractivity contribution is -0.132. The zero-order valence-corrected chi connectivity index (χ0v) is 15.1. The van der Waals surface area contributed by atoms with E-state index in [0.29, 0.717) is 24.3 Å². The summed E-state index contributed by atoms with van der Waals surface area (Å²) in [5.74, 6) is 0.157. The predicted molar refractivity (Wildman–Crippen MR) is 97.8 cm³/mol. The van der Waals surface area contributed by atoms with Crippen LogP contribution in [0.15, 0.2) is 24.3 Å². The van der Waals surface area contributed by atoms with Crippen molar-refractivity contribution in [3.63, 3.8) is 0 Å². The van der Waals surface area contributed by atoms with Crippen molar-refractivity contribution in [1.29, 1.82) is 0 Å². The SMILES string of the molecule is COc1ccc(NC(=O)C2(NC(=O)Cn3nnnc3N)CCCCC2)cc1. The van der Waals surface area contributed by atoms with Crippen LogP contribution in [0.5, 0.6) is 5.75 Å². The maximum absolute atomic E-state index is 13.0. The molecule has 0 aliphatic heterocycles. The van der Waals surface area contributed by atoms with E-state index in [2.05, 4.69) is 26.2 Å². The van der Waals surface area contributed by atoms with Gasteiger partial charge in [-0.15, -0.1) is 0 Å².